The predicted molar refractivity (Wildman–Crippen MR) is 243 cm³/mol. The van der Waals surface area contributed by atoms with Crippen molar-refractivity contribution < 1.29 is 69.5 Å². The van der Waals surface area contributed by atoms with E-state index in [4.69, 9.17) is 32.1 Å². The van der Waals surface area contributed by atoms with E-state index in [0.717, 1.165) is 55.9 Å². The molecule has 0 fully saturated rings. The summed E-state index contributed by atoms with van der Waals surface area (Å²) in [5.74, 6) is -0.301. The maximum atomic E-state index is 14.0. The molecule has 19 nitrogen and oxygen atoms in total. The number of benzene rings is 2. The van der Waals surface area contributed by atoms with Gasteiger partial charge in [0.2, 0.25) is 0 Å². The zero-order valence-corrected chi connectivity index (χ0v) is 40.4. The summed E-state index contributed by atoms with van der Waals surface area (Å²) < 4.78 is 82.5. The fourth-order valence-electron chi connectivity index (χ4n) is 6.50. The monoisotopic (exact) mass is 984 g/mol. The van der Waals surface area contributed by atoms with E-state index in [1.807, 2.05) is 0 Å². The number of carbonyl (C=O) groups is 2. The van der Waals surface area contributed by atoms with Gasteiger partial charge in [-0.2, -0.15) is 8.62 Å². The third kappa shape index (κ3) is 20.6. The first kappa shape index (κ1) is 54.8. The molecule has 1 aliphatic heterocycles. The summed E-state index contributed by atoms with van der Waals surface area (Å²) >= 11 is 0. The Morgan fingerprint density at radius 2 is 1.12 bits per heavy atom. The van der Waals surface area contributed by atoms with Gasteiger partial charge in [-0.3, -0.25) is 37.5 Å². The van der Waals surface area contributed by atoms with Crippen LogP contribution in [0.4, 0.5) is 0 Å². The lowest BCUT2D eigenvalue weighted by Gasteiger charge is -2.22. The average Bonchev–Trinajstić information content (AvgIpc) is 3.74. The zero-order chi connectivity index (χ0) is 48.0. The summed E-state index contributed by atoms with van der Waals surface area (Å²) in [5, 5.41) is 0. The molecule has 4 atom stereocenters. The minimum absolute atomic E-state index is 0.220. The molecule has 0 amide bonds. The van der Waals surface area contributed by atoms with Crippen LogP contribution in [-0.2, 0) is 63.4 Å². The average molecular weight is 985 g/mol. The quantitative estimate of drug-likeness (QED) is 0.0173. The van der Waals surface area contributed by atoms with E-state index in [2.05, 4.69) is 23.1 Å². The van der Waals surface area contributed by atoms with Gasteiger partial charge in [0.25, 0.3) is 5.56 Å². The topological polar surface area (TPSA) is 255 Å². The van der Waals surface area contributed by atoms with Crippen molar-refractivity contribution in [2.45, 2.75) is 149 Å². The minimum Gasteiger partial charge on any atom is -0.427 e. The van der Waals surface area contributed by atoms with Gasteiger partial charge in [0, 0.05) is 24.6 Å². The second-order valence-electron chi connectivity index (χ2n) is 15.8. The van der Waals surface area contributed by atoms with Crippen LogP contribution in [0.5, 0.6) is 11.5 Å². The molecule has 0 saturated heterocycles. The number of esters is 2. The Balaban J connectivity index is 1.35. The van der Waals surface area contributed by atoms with Crippen molar-refractivity contribution in [3.05, 3.63) is 104 Å². The largest absolute Gasteiger partial charge is 0.490 e. The maximum absolute atomic E-state index is 14.0. The summed E-state index contributed by atoms with van der Waals surface area (Å²) in [6, 6.07) is 11.8. The van der Waals surface area contributed by atoms with Crippen molar-refractivity contribution in [3.63, 3.8) is 0 Å². The smallest absolute Gasteiger partial charge is 0.427 e. The van der Waals surface area contributed by atoms with E-state index in [9.17, 15) is 42.7 Å². The van der Waals surface area contributed by atoms with Crippen molar-refractivity contribution in [1.82, 2.24) is 9.55 Å². The molecule has 2 unspecified atom stereocenters. The van der Waals surface area contributed by atoms with Crippen LogP contribution < -0.4 is 20.7 Å². The molecule has 2 aromatic carbocycles. The number of hydrogen-bond acceptors (Lipinski definition) is 15. The molecule has 3 N–H and O–H groups in total. The van der Waals surface area contributed by atoms with Gasteiger partial charge in [-0.25, -0.2) is 18.5 Å². The number of unbranched alkanes of at least 4 members (excludes halogenated alkanes) is 12. The van der Waals surface area contributed by atoms with Crippen LogP contribution in [-0.4, -0.2) is 44.0 Å². The van der Waals surface area contributed by atoms with E-state index in [-0.39, 0.29) is 29.9 Å². The summed E-state index contributed by atoms with van der Waals surface area (Å²) in [6.07, 6.45) is 17.1. The molecule has 0 aliphatic carbocycles. The van der Waals surface area contributed by atoms with E-state index < -0.39 is 78.8 Å². The molecule has 66 heavy (non-hydrogen) atoms. The molecule has 22 heteroatoms. The van der Waals surface area contributed by atoms with Crippen LogP contribution >= 0.6 is 23.5 Å². The first-order chi connectivity index (χ1) is 31.5. The zero-order valence-electron chi connectivity index (χ0n) is 37.7. The second kappa shape index (κ2) is 27.9. The van der Waals surface area contributed by atoms with Crippen molar-refractivity contribution in [2.24, 2.45) is 0 Å². The third-order valence-corrected chi connectivity index (χ3v) is 14.7. The van der Waals surface area contributed by atoms with Gasteiger partial charge in [-0.05, 0) is 61.2 Å². The normalized spacial score (nSPS) is 16.7. The Hall–Kier alpha value is -3.83. The molecule has 0 radical (unpaired) electrons. The number of aromatic nitrogens is 2. The Labute approximate surface area is 385 Å². The summed E-state index contributed by atoms with van der Waals surface area (Å²) in [5.41, 5.74) is -0.466. The molecule has 0 spiro atoms. The molecule has 0 bridgehead atoms. The van der Waals surface area contributed by atoms with E-state index >= 15 is 0 Å². The van der Waals surface area contributed by atoms with Gasteiger partial charge in [-0.1, -0.05) is 121 Å². The van der Waals surface area contributed by atoms with Crippen molar-refractivity contribution >= 4 is 35.4 Å². The summed E-state index contributed by atoms with van der Waals surface area (Å²) in [7, 11) is -16.4. The van der Waals surface area contributed by atoms with Gasteiger partial charge in [-0.15, -0.1) is 0 Å². The SMILES string of the molecule is CCCCCCCCCC(=O)Oc1ccc(COP(=O)(OCc2ccc(OC(=O)CCCCCCCCC)cc2)OP(=O)(O)OP(=O)(O)OC[C@@H]2C=C[C@H](n3cc(C)c(=O)[nH]c3=O)O2)cc1. The van der Waals surface area contributed by atoms with Crippen LogP contribution in [0.15, 0.2) is 76.5 Å². The fourth-order valence-corrected chi connectivity index (χ4v) is 10.5. The molecule has 4 rings (SSSR count). The van der Waals surface area contributed by atoms with Gasteiger partial charge >= 0.3 is 41.1 Å². The molecule has 2 heterocycles. The number of hydrogen-bond donors (Lipinski definition) is 3. The highest BCUT2D eigenvalue weighted by Crippen LogP contribution is 2.69. The number of nitrogens with one attached hydrogen (secondary N) is 1. The van der Waals surface area contributed by atoms with Crippen LogP contribution in [0.25, 0.3) is 0 Å². The lowest BCUT2D eigenvalue weighted by Crippen LogP contribution is -2.33. The Kier molecular flexibility index (Phi) is 23.1. The number of nitrogens with zero attached hydrogens (tertiary/aromatic N) is 1. The van der Waals surface area contributed by atoms with Crippen LogP contribution in [0.1, 0.15) is 139 Å². The van der Waals surface area contributed by atoms with Crippen molar-refractivity contribution in [2.75, 3.05) is 6.61 Å². The molecule has 0 saturated carbocycles. The minimum atomic E-state index is -5.81. The second-order valence-corrected chi connectivity index (χ2v) is 20.6. The van der Waals surface area contributed by atoms with Gasteiger partial charge in [0.1, 0.15) is 17.6 Å². The summed E-state index contributed by atoms with van der Waals surface area (Å²) in [6.45, 7) is 3.96. The standard InChI is InChI=1S/C44H63N2O17P3/c1-4-6-8-10-12-14-16-18-41(47)60-37-24-20-35(21-25-37)31-57-66(55,58-32-36-22-26-38(27-23-36)61-42(48)19-17-15-13-11-9-7-5-2)63-65(53,54)62-64(51,52)56-33-39-28-29-40(59-39)46-30-34(3)43(49)45-44(46)50/h20-30,39-40H,4-19,31-33H2,1-3H3,(H,51,52)(H,53,54)(H,45,49,50)/t39-,40+/m0/s1. The van der Waals surface area contributed by atoms with Crippen LogP contribution in [0.2, 0.25) is 0 Å². The van der Waals surface area contributed by atoms with Gasteiger partial charge in [0.05, 0.1) is 19.8 Å². The highest BCUT2D eigenvalue weighted by Gasteiger charge is 2.44. The Bertz CT molecular complexity index is 2200. The first-order valence-corrected chi connectivity index (χ1v) is 26.8. The van der Waals surface area contributed by atoms with Crippen LogP contribution in [0.3, 0.4) is 0 Å². The van der Waals surface area contributed by atoms with Gasteiger partial charge in [0.15, 0.2) is 6.23 Å². The number of rotatable bonds is 32. The maximum Gasteiger partial charge on any atom is 0.490 e. The Morgan fingerprint density at radius 1 is 0.652 bits per heavy atom. The lowest BCUT2D eigenvalue weighted by atomic mass is 10.1. The number of aromatic amines is 1. The van der Waals surface area contributed by atoms with E-state index in [1.165, 1.54) is 99.5 Å². The van der Waals surface area contributed by atoms with Gasteiger partial charge < -0.3 is 24.0 Å². The number of phosphoric ester groups is 2. The third-order valence-electron chi connectivity index (χ3n) is 10.1. The fraction of sp³-hybridized carbons (Fsp3) is 0.545. The molecular weight excluding hydrogens is 921 g/mol. The Morgan fingerprint density at radius 3 is 1.61 bits per heavy atom. The van der Waals surface area contributed by atoms with E-state index in [1.54, 1.807) is 0 Å². The number of aryl methyl sites for hydroxylation is 1. The van der Waals surface area contributed by atoms with E-state index in [0.29, 0.717) is 24.0 Å². The van der Waals surface area contributed by atoms with Crippen molar-refractivity contribution in [1.29, 1.82) is 0 Å². The number of carbonyl (C=O) groups excluding carboxylic acids is 2. The molecule has 1 aromatic heterocycles. The first-order valence-electron chi connectivity index (χ1n) is 22.4. The highest BCUT2D eigenvalue weighted by atomic mass is 31.3. The lowest BCUT2D eigenvalue weighted by molar-refractivity contribution is -0.135. The summed E-state index contributed by atoms with van der Waals surface area (Å²) in [4.78, 5) is 71.9. The predicted octanol–water partition coefficient (Wildman–Crippen LogP) is 10.2. The molecule has 3 aromatic rings. The highest BCUT2D eigenvalue weighted by molar-refractivity contribution is 7.67. The molecule has 366 valence electrons. The molecular formula is C44H63N2O17P3. The number of ether oxygens (including phenoxy) is 3. The number of H-pyrrole nitrogens is 1. The van der Waals surface area contributed by atoms with Crippen molar-refractivity contribution in [3.8, 4) is 11.5 Å². The molecule has 1 aliphatic rings. The number of phosphoric acid groups is 3. The van der Waals surface area contributed by atoms with Crippen LogP contribution in [0, 0.1) is 6.92 Å².